The molecule has 0 aliphatic heterocycles. The molecule has 3 aromatic carbocycles. The number of hydrogen-bond acceptors (Lipinski definition) is 5. The van der Waals surface area contributed by atoms with Gasteiger partial charge >= 0.3 is 11.5 Å². The standard InChI is InChI=1S/C32H30F4N2O5S/c1-15-9-19(10-16(2)26(15)31(41)42)22-13-23(25(43-3)14-24(22)33)29(39)38-28-18-8-7-17(11-18)27(28)30(40)37-20-5-4-6-21(12-20)44-32(34,35)36/h4-6,9-10,12-14,17-18,27-28H,7-8,11H2,1-3H3,(H,37,40)(H,38,39)(H,41,42). The summed E-state index contributed by atoms with van der Waals surface area (Å²) in [6, 6.07) is 10.5. The molecule has 12 heteroatoms. The topological polar surface area (TPSA) is 105 Å². The van der Waals surface area contributed by atoms with Gasteiger partial charge in [0.15, 0.2) is 0 Å². The lowest BCUT2D eigenvalue weighted by molar-refractivity contribution is -0.122. The third-order valence-corrected chi connectivity index (χ3v) is 9.16. The number of nitrogens with one attached hydrogen (secondary N) is 2. The number of hydrogen-bond donors (Lipinski definition) is 3. The Balaban J connectivity index is 1.40. The number of carbonyl (C=O) groups excluding carboxylic acids is 2. The molecule has 2 aliphatic carbocycles. The molecule has 0 radical (unpaired) electrons. The molecule has 2 fully saturated rings. The van der Waals surface area contributed by atoms with Gasteiger partial charge in [0.25, 0.3) is 5.91 Å². The summed E-state index contributed by atoms with van der Waals surface area (Å²) in [6.07, 6.45) is 2.30. The van der Waals surface area contributed by atoms with Crippen molar-refractivity contribution in [2.75, 3.05) is 12.4 Å². The number of fused-ring (bicyclic) bond motifs is 2. The van der Waals surface area contributed by atoms with Crippen LogP contribution in [-0.4, -0.2) is 41.6 Å². The number of methoxy groups -OCH3 is 1. The molecule has 44 heavy (non-hydrogen) atoms. The number of benzene rings is 3. The number of alkyl halides is 3. The van der Waals surface area contributed by atoms with E-state index < -0.39 is 41.1 Å². The van der Waals surface area contributed by atoms with Gasteiger partial charge in [0.1, 0.15) is 11.6 Å². The molecule has 2 amide bonds. The van der Waals surface area contributed by atoms with Crippen molar-refractivity contribution >= 4 is 35.2 Å². The first-order valence-electron chi connectivity index (χ1n) is 14.0. The first kappa shape index (κ1) is 31.4. The zero-order chi connectivity index (χ0) is 31.9. The number of anilines is 1. The Bertz CT molecular complexity index is 1620. The summed E-state index contributed by atoms with van der Waals surface area (Å²) in [5, 5.41) is 15.2. The van der Waals surface area contributed by atoms with E-state index in [-0.39, 0.29) is 56.6 Å². The van der Waals surface area contributed by atoms with Gasteiger partial charge in [-0.25, -0.2) is 9.18 Å². The number of aromatic carboxylic acids is 1. The van der Waals surface area contributed by atoms with Crippen LogP contribution < -0.4 is 15.4 Å². The van der Waals surface area contributed by atoms with Crippen LogP contribution in [0, 0.1) is 37.4 Å². The fourth-order valence-electron chi connectivity index (χ4n) is 6.68. The van der Waals surface area contributed by atoms with Crippen LogP contribution in [0.2, 0.25) is 0 Å². The quantitative estimate of drug-likeness (QED) is 0.180. The number of thioether (sulfide) groups is 1. The maximum absolute atomic E-state index is 15.3. The van der Waals surface area contributed by atoms with E-state index >= 15 is 4.39 Å². The highest BCUT2D eigenvalue weighted by molar-refractivity contribution is 8.00. The molecule has 0 saturated heterocycles. The predicted molar refractivity (Wildman–Crippen MR) is 157 cm³/mol. The van der Waals surface area contributed by atoms with Crippen molar-refractivity contribution < 1.29 is 41.8 Å². The van der Waals surface area contributed by atoms with E-state index in [0.717, 1.165) is 18.9 Å². The van der Waals surface area contributed by atoms with Gasteiger partial charge in [-0.05, 0) is 97.7 Å². The van der Waals surface area contributed by atoms with Crippen LogP contribution in [0.1, 0.15) is 51.1 Å². The summed E-state index contributed by atoms with van der Waals surface area (Å²) < 4.78 is 59.2. The molecule has 4 atom stereocenters. The smallest absolute Gasteiger partial charge is 0.446 e. The fraction of sp³-hybridized carbons (Fsp3) is 0.344. The summed E-state index contributed by atoms with van der Waals surface area (Å²) >= 11 is -0.273. The molecular formula is C32H30F4N2O5S. The average molecular weight is 631 g/mol. The molecule has 3 aromatic rings. The summed E-state index contributed by atoms with van der Waals surface area (Å²) in [7, 11) is 1.31. The van der Waals surface area contributed by atoms with E-state index in [0.29, 0.717) is 23.1 Å². The fourth-order valence-corrected chi connectivity index (χ4v) is 7.28. The molecule has 2 aliphatic rings. The Morgan fingerprint density at radius 3 is 2.32 bits per heavy atom. The third kappa shape index (κ3) is 6.40. The molecule has 5 rings (SSSR count). The van der Waals surface area contributed by atoms with E-state index in [4.69, 9.17) is 4.74 Å². The minimum Gasteiger partial charge on any atom is -0.496 e. The number of carboxylic acid groups (broad SMARTS) is 1. The normalized spacial score (nSPS) is 20.8. The summed E-state index contributed by atoms with van der Waals surface area (Å²) in [5.74, 6) is -3.35. The molecule has 232 valence electrons. The van der Waals surface area contributed by atoms with E-state index in [1.54, 1.807) is 26.0 Å². The number of rotatable bonds is 8. The molecular weight excluding hydrogens is 600 g/mol. The number of carboxylic acids is 1. The van der Waals surface area contributed by atoms with Gasteiger partial charge in [-0.15, -0.1) is 0 Å². The SMILES string of the molecule is COc1cc(F)c(-c2cc(C)c(C(=O)O)c(C)c2)cc1C(=O)NC1C2CCC(C2)C1C(=O)Nc1cccc(SC(F)(F)F)c1. The number of carbonyl (C=O) groups is 3. The van der Waals surface area contributed by atoms with Crippen molar-refractivity contribution in [1.29, 1.82) is 0 Å². The van der Waals surface area contributed by atoms with Gasteiger partial charge in [-0.3, -0.25) is 9.59 Å². The average Bonchev–Trinajstić information content (AvgIpc) is 3.53. The molecule has 4 unspecified atom stereocenters. The Hall–Kier alpha value is -4.06. The first-order chi connectivity index (χ1) is 20.8. The number of halogens is 4. The van der Waals surface area contributed by atoms with Gasteiger partial charge in [0.2, 0.25) is 5.91 Å². The number of amides is 2. The molecule has 2 bridgehead atoms. The van der Waals surface area contributed by atoms with Crippen LogP contribution in [0.3, 0.4) is 0 Å². The lowest BCUT2D eigenvalue weighted by Crippen LogP contribution is -2.48. The second kappa shape index (κ2) is 12.1. The zero-order valence-electron chi connectivity index (χ0n) is 24.0. The second-order valence-electron chi connectivity index (χ2n) is 11.2. The highest BCUT2D eigenvalue weighted by Crippen LogP contribution is 2.49. The van der Waals surface area contributed by atoms with E-state index in [9.17, 15) is 32.7 Å². The predicted octanol–water partition coefficient (Wildman–Crippen LogP) is 7.21. The molecule has 0 spiro atoms. The maximum atomic E-state index is 15.3. The van der Waals surface area contributed by atoms with Crippen molar-refractivity contribution in [2.45, 2.75) is 49.6 Å². The van der Waals surface area contributed by atoms with E-state index in [1.165, 1.54) is 37.4 Å². The van der Waals surface area contributed by atoms with Gasteiger partial charge in [0.05, 0.1) is 24.2 Å². The number of ether oxygens (including phenoxy) is 1. The summed E-state index contributed by atoms with van der Waals surface area (Å²) in [4.78, 5) is 38.7. The van der Waals surface area contributed by atoms with Crippen molar-refractivity contribution in [2.24, 2.45) is 17.8 Å². The van der Waals surface area contributed by atoms with Crippen LogP contribution in [0.15, 0.2) is 53.4 Å². The van der Waals surface area contributed by atoms with Crippen molar-refractivity contribution in [1.82, 2.24) is 5.32 Å². The Morgan fingerprint density at radius 1 is 1.00 bits per heavy atom. The highest BCUT2D eigenvalue weighted by atomic mass is 32.2. The van der Waals surface area contributed by atoms with Gasteiger partial charge in [-0.2, -0.15) is 13.2 Å². The summed E-state index contributed by atoms with van der Waals surface area (Å²) in [6.45, 7) is 3.22. The van der Waals surface area contributed by atoms with Crippen LogP contribution in [0.25, 0.3) is 11.1 Å². The lowest BCUT2D eigenvalue weighted by Gasteiger charge is -2.31. The van der Waals surface area contributed by atoms with Crippen molar-refractivity contribution in [3.05, 3.63) is 76.6 Å². The molecule has 2 saturated carbocycles. The molecule has 7 nitrogen and oxygen atoms in total. The van der Waals surface area contributed by atoms with Crippen LogP contribution in [0.4, 0.5) is 23.2 Å². The Morgan fingerprint density at radius 2 is 1.68 bits per heavy atom. The van der Waals surface area contributed by atoms with E-state index in [2.05, 4.69) is 10.6 Å². The lowest BCUT2D eigenvalue weighted by atomic mass is 9.83. The van der Waals surface area contributed by atoms with E-state index in [1.807, 2.05) is 0 Å². The minimum absolute atomic E-state index is 0.0116. The van der Waals surface area contributed by atoms with Gasteiger partial charge < -0.3 is 20.5 Å². The highest BCUT2D eigenvalue weighted by Gasteiger charge is 2.51. The van der Waals surface area contributed by atoms with Crippen molar-refractivity contribution in [3.8, 4) is 16.9 Å². The van der Waals surface area contributed by atoms with Crippen LogP contribution >= 0.6 is 11.8 Å². The first-order valence-corrected chi connectivity index (χ1v) is 14.8. The second-order valence-corrected chi connectivity index (χ2v) is 12.4. The maximum Gasteiger partial charge on any atom is 0.446 e. The Kier molecular flexibility index (Phi) is 8.66. The largest absolute Gasteiger partial charge is 0.496 e. The minimum atomic E-state index is -4.47. The van der Waals surface area contributed by atoms with Crippen LogP contribution in [-0.2, 0) is 4.79 Å². The summed E-state index contributed by atoms with van der Waals surface area (Å²) in [5.41, 5.74) is -2.74. The number of aryl methyl sites for hydroxylation is 2. The molecule has 0 aromatic heterocycles. The van der Waals surface area contributed by atoms with Crippen molar-refractivity contribution in [3.63, 3.8) is 0 Å². The van der Waals surface area contributed by atoms with Gasteiger partial charge in [-0.1, -0.05) is 18.2 Å². The third-order valence-electron chi connectivity index (χ3n) is 8.44. The van der Waals surface area contributed by atoms with Crippen LogP contribution in [0.5, 0.6) is 5.75 Å². The van der Waals surface area contributed by atoms with Gasteiger partial charge in [0, 0.05) is 28.3 Å². The zero-order valence-corrected chi connectivity index (χ0v) is 24.9. The molecule has 0 heterocycles. The molecule has 3 N–H and O–H groups in total. The monoisotopic (exact) mass is 630 g/mol. The Labute approximate surface area is 255 Å².